The number of pyridine rings is 2. The fourth-order valence-corrected chi connectivity index (χ4v) is 5.16. The number of benzene rings is 2. The number of carbonyl (C=O) groups is 2. The molecule has 0 aliphatic carbocycles. The molecule has 4 heterocycles. The van der Waals surface area contributed by atoms with Gasteiger partial charge in [-0.2, -0.15) is 0 Å². The Morgan fingerprint density at radius 1 is 0.816 bits per heavy atom. The second-order valence-corrected chi connectivity index (χ2v) is 11.9. The number of imidazole rings is 2. The highest BCUT2D eigenvalue weighted by atomic mass is 35.5. The van der Waals surface area contributed by atoms with E-state index in [-0.39, 0.29) is 34.9 Å². The zero-order valence-electron chi connectivity index (χ0n) is 25.5. The number of methoxy groups -OCH3 is 2. The molecule has 0 unspecified atom stereocenters. The van der Waals surface area contributed by atoms with Crippen LogP contribution in [0.25, 0.3) is 22.1 Å². The number of phenolic OH excluding ortho intramolecular Hbond substituents is 2. The summed E-state index contributed by atoms with van der Waals surface area (Å²) in [5, 5.41) is 25.5. The Hall–Kier alpha value is -4.74. The number of aromatic nitrogens is 6. The third kappa shape index (κ3) is 10.9. The third-order valence-corrected chi connectivity index (χ3v) is 7.80. The molecule has 0 fully saturated rings. The Labute approximate surface area is 302 Å². The minimum atomic E-state index is -0.306. The van der Waals surface area contributed by atoms with E-state index in [1.54, 1.807) is 42.7 Å². The van der Waals surface area contributed by atoms with Crippen LogP contribution < -0.4 is 20.1 Å². The zero-order chi connectivity index (χ0) is 35.5. The Morgan fingerprint density at radius 3 is 1.96 bits per heavy atom. The highest BCUT2D eigenvalue weighted by molar-refractivity contribution is 7.99. The van der Waals surface area contributed by atoms with Gasteiger partial charge >= 0.3 is 0 Å². The standard InChI is InChI=1S/C15H13ClN4O3S.C9H10ClNO3.C6H4ClN3S/c1-23-12-4-8(2-3-11(12)21)18-14(22)7-24-15-19-9-5-13(16)17-6-10(9)20-15;1-14-8-4-6(2-3-7(8)12)11-9(13)5-10;7-5-1-3-4(2-8-5)10-6(11)9-3/h2-6,21H,7H2,1H3,(H,18,22)(H,19,20);2-4,12H,5H2,1H3,(H,11,13);1-2H,(H2,9,10,11). The molecule has 0 spiro atoms. The van der Waals surface area contributed by atoms with Gasteiger partial charge in [0.05, 0.1) is 54.4 Å². The average Bonchev–Trinajstić information content (AvgIpc) is 3.67. The molecule has 0 bridgehead atoms. The molecule has 0 aliphatic rings. The molecule has 0 atom stereocenters. The van der Waals surface area contributed by atoms with Crippen LogP contribution in [-0.2, 0) is 9.59 Å². The summed E-state index contributed by atoms with van der Waals surface area (Å²) < 4.78 is 10.5. The molecule has 49 heavy (non-hydrogen) atoms. The van der Waals surface area contributed by atoms with Crippen molar-refractivity contribution in [1.29, 1.82) is 0 Å². The maximum atomic E-state index is 12.0. The summed E-state index contributed by atoms with van der Waals surface area (Å²) in [7, 11) is 2.88. The van der Waals surface area contributed by atoms with E-state index in [0.29, 0.717) is 48.6 Å². The topological polar surface area (TPSA) is 203 Å². The molecule has 0 radical (unpaired) electrons. The number of anilines is 2. The lowest BCUT2D eigenvalue weighted by Gasteiger charge is -2.07. The van der Waals surface area contributed by atoms with Crippen LogP contribution in [0.1, 0.15) is 0 Å². The normalized spacial score (nSPS) is 10.4. The molecular weight excluding hydrogens is 739 g/mol. The first kappa shape index (κ1) is 37.1. The van der Waals surface area contributed by atoms with Crippen LogP contribution in [0, 0.1) is 4.77 Å². The molecule has 14 nitrogen and oxygen atoms in total. The van der Waals surface area contributed by atoms with E-state index in [9.17, 15) is 19.8 Å². The summed E-state index contributed by atoms with van der Waals surface area (Å²) in [4.78, 5) is 44.1. The predicted molar refractivity (Wildman–Crippen MR) is 193 cm³/mol. The quantitative estimate of drug-likeness (QED) is 0.0279. The number of hydrogen-bond acceptors (Lipinski definition) is 11. The number of thioether (sulfide) groups is 1. The van der Waals surface area contributed by atoms with Gasteiger partial charge in [0.2, 0.25) is 11.8 Å². The van der Waals surface area contributed by atoms with Crippen LogP contribution in [0.5, 0.6) is 23.0 Å². The number of fused-ring (bicyclic) bond motifs is 2. The van der Waals surface area contributed by atoms with Crippen molar-refractivity contribution in [3.63, 3.8) is 0 Å². The number of aromatic hydroxyl groups is 2. The van der Waals surface area contributed by atoms with E-state index < -0.39 is 0 Å². The minimum absolute atomic E-state index is 0.0134. The molecule has 4 aromatic heterocycles. The number of aromatic amines is 3. The average molecular weight is 766 g/mol. The van der Waals surface area contributed by atoms with Gasteiger partial charge in [0.1, 0.15) is 16.2 Å². The maximum Gasteiger partial charge on any atom is 0.239 e. The van der Waals surface area contributed by atoms with Gasteiger partial charge < -0.3 is 45.3 Å². The van der Waals surface area contributed by atoms with Crippen molar-refractivity contribution in [2.75, 3.05) is 36.5 Å². The van der Waals surface area contributed by atoms with Gasteiger partial charge in [0.15, 0.2) is 32.9 Å². The smallest absolute Gasteiger partial charge is 0.239 e. The van der Waals surface area contributed by atoms with Crippen molar-refractivity contribution < 1.29 is 29.3 Å². The number of ether oxygens (including phenoxy) is 2. The molecule has 0 saturated carbocycles. The first-order valence-electron chi connectivity index (χ1n) is 13.7. The first-order chi connectivity index (χ1) is 23.5. The number of alkyl halides is 1. The molecule has 256 valence electrons. The highest BCUT2D eigenvalue weighted by Crippen LogP contribution is 2.30. The summed E-state index contributed by atoms with van der Waals surface area (Å²) >= 11 is 22.9. The summed E-state index contributed by atoms with van der Waals surface area (Å²) in [6, 6.07) is 12.5. The van der Waals surface area contributed by atoms with Gasteiger partial charge in [-0.1, -0.05) is 35.0 Å². The zero-order valence-corrected chi connectivity index (χ0v) is 29.4. The number of nitrogens with zero attached hydrogens (tertiary/aromatic N) is 3. The Kier molecular flexibility index (Phi) is 13.3. The maximum absolute atomic E-state index is 12.0. The Bertz CT molecular complexity index is 2140. The number of amides is 2. The summed E-state index contributed by atoms with van der Waals surface area (Å²) in [6.45, 7) is 0. The van der Waals surface area contributed by atoms with E-state index in [4.69, 9.17) is 56.5 Å². The second-order valence-electron chi connectivity index (χ2n) is 9.49. The number of nitrogens with one attached hydrogen (secondary N) is 5. The van der Waals surface area contributed by atoms with Crippen molar-refractivity contribution >= 4 is 104 Å². The Balaban J connectivity index is 0.000000183. The van der Waals surface area contributed by atoms with Crippen LogP contribution in [0.15, 0.2) is 66.1 Å². The largest absolute Gasteiger partial charge is 0.504 e. The SMILES string of the molecule is COc1cc(NC(=O)CCl)ccc1O.COc1cc(NC(=O)CSc2nc3cc(Cl)ncc3[nH]2)ccc1O.S=c1[nH]c2cnc(Cl)cc2[nH]1. The Morgan fingerprint density at radius 2 is 1.37 bits per heavy atom. The number of rotatable bonds is 8. The molecule has 6 aromatic rings. The monoisotopic (exact) mass is 764 g/mol. The van der Waals surface area contributed by atoms with E-state index >= 15 is 0 Å². The molecule has 0 saturated heterocycles. The fourth-order valence-electron chi connectivity index (χ4n) is 3.87. The molecule has 7 N–H and O–H groups in total. The van der Waals surface area contributed by atoms with Crippen molar-refractivity contribution in [3.05, 3.63) is 76.0 Å². The number of H-pyrrole nitrogens is 3. The van der Waals surface area contributed by atoms with Crippen LogP contribution in [0.2, 0.25) is 10.3 Å². The highest BCUT2D eigenvalue weighted by Gasteiger charge is 2.10. The van der Waals surface area contributed by atoms with E-state index in [1.165, 1.54) is 44.2 Å². The van der Waals surface area contributed by atoms with E-state index in [2.05, 4.69) is 40.5 Å². The molecule has 19 heteroatoms. The van der Waals surface area contributed by atoms with Crippen molar-refractivity contribution in [2.45, 2.75) is 5.16 Å². The second kappa shape index (κ2) is 17.6. The van der Waals surface area contributed by atoms with Crippen molar-refractivity contribution in [1.82, 2.24) is 29.9 Å². The molecule has 2 aromatic carbocycles. The van der Waals surface area contributed by atoms with Gasteiger partial charge in [0, 0.05) is 35.6 Å². The number of hydrogen-bond donors (Lipinski definition) is 7. The predicted octanol–water partition coefficient (Wildman–Crippen LogP) is 6.91. The first-order valence-corrected chi connectivity index (χ1v) is 16.4. The lowest BCUT2D eigenvalue weighted by atomic mass is 10.3. The van der Waals surface area contributed by atoms with Gasteiger partial charge in [-0.3, -0.25) is 9.59 Å². The number of carbonyl (C=O) groups excluding carboxylic acids is 2. The van der Waals surface area contributed by atoms with Crippen LogP contribution in [-0.4, -0.2) is 77.8 Å². The lowest BCUT2D eigenvalue weighted by Crippen LogP contribution is -2.14. The van der Waals surface area contributed by atoms with Gasteiger partial charge in [-0.15, -0.1) is 11.6 Å². The van der Waals surface area contributed by atoms with Crippen LogP contribution >= 0.6 is 58.8 Å². The summed E-state index contributed by atoms with van der Waals surface area (Å²) in [6.07, 6.45) is 3.24. The van der Waals surface area contributed by atoms with Gasteiger partial charge in [-0.25, -0.2) is 15.0 Å². The van der Waals surface area contributed by atoms with Gasteiger partial charge in [-0.05, 0) is 36.5 Å². The lowest BCUT2D eigenvalue weighted by molar-refractivity contribution is -0.114. The number of phenols is 2. The summed E-state index contributed by atoms with van der Waals surface area (Å²) in [5.41, 5.74) is 4.28. The third-order valence-electron chi connectivity index (χ3n) is 6.07. The van der Waals surface area contributed by atoms with Crippen LogP contribution in [0.3, 0.4) is 0 Å². The van der Waals surface area contributed by atoms with E-state index in [1.807, 2.05) is 0 Å². The van der Waals surface area contributed by atoms with Crippen molar-refractivity contribution in [3.8, 4) is 23.0 Å². The van der Waals surface area contributed by atoms with E-state index in [0.717, 1.165) is 16.6 Å². The molecule has 2 amide bonds. The summed E-state index contributed by atoms with van der Waals surface area (Å²) in [5.74, 6) is 0.187. The minimum Gasteiger partial charge on any atom is -0.504 e. The van der Waals surface area contributed by atoms with Gasteiger partial charge in [0.25, 0.3) is 0 Å². The van der Waals surface area contributed by atoms with Crippen LogP contribution in [0.4, 0.5) is 11.4 Å². The number of halogens is 3. The molecule has 6 rings (SSSR count). The molecule has 0 aliphatic heterocycles. The van der Waals surface area contributed by atoms with Crippen molar-refractivity contribution in [2.24, 2.45) is 0 Å². The molecular formula is C30H27Cl3N8O6S2. The fraction of sp³-hybridized carbons (Fsp3) is 0.133.